The molecule has 2 N–H and O–H groups in total. The van der Waals surface area contributed by atoms with E-state index in [-0.39, 0.29) is 17.8 Å². The van der Waals surface area contributed by atoms with Gasteiger partial charge in [-0.15, -0.1) is 0 Å². The Kier molecular flexibility index (Phi) is 16.2. The van der Waals surface area contributed by atoms with Crippen LogP contribution in [0, 0.1) is 0 Å². The van der Waals surface area contributed by atoms with Gasteiger partial charge in [0.2, 0.25) is 5.91 Å². The van der Waals surface area contributed by atoms with Crippen molar-refractivity contribution >= 4 is 33.6 Å². The van der Waals surface area contributed by atoms with Gasteiger partial charge in [-0.2, -0.15) is 0 Å². The average molecular weight is 508 g/mol. The molecule has 0 spiro atoms. The quantitative estimate of drug-likeness (QED) is 0.344. The summed E-state index contributed by atoms with van der Waals surface area (Å²) >= 11 is 3.33. The number of rotatable bonds is 6. The molecule has 0 saturated carbocycles. The van der Waals surface area contributed by atoms with Crippen molar-refractivity contribution in [1.29, 1.82) is 0 Å². The van der Waals surface area contributed by atoms with Crippen LogP contribution in [0.25, 0.3) is 5.57 Å². The Morgan fingerprint density at radius 3 is 2.41 bits per heavy atom. The second-order valence-electron chi connectivity index (χ2n) is 7.79. The SMILES string of the molecule is C=C(C=C(C)C)c1ccccc1O.CCCNC(=O)C1CCCO1.CN=CC(Br)=C(C)C. The highest BCUT2D eigenvalue weighted by Crippen LogP contribution is 2.24. The van der Waals surface area contributed by atoms with Crippen molar-refractivity contribution in [1.82, 2.24) is 5.32 Å². The third-order valence-electron chi connectivity index (χ3n) is 4.20. The van der Waals surface area contributed by atoms with Gasteiger partial charge in [0, 0.05) is 36.5 Å². The second-order valence-corrected chi connectivity index (χ2v) is 8.65. The number of nitrogens with zero attached hydrogens (tertiary/aromatic N) is 1. The Bertz CT molecular complexity index is 799. The van der Waals surface area contributed by atoms with Crippen molar-refractivity contribution in [2.24, 2.45) is 4.99 Å². The van der Waals surface area contributed by atoms with Gasteiger partial charge >= 0.3 is 0 Å². The Morgan fingerprint density at radius 1 is 1.31 bits per heavy atom. The molecule has 1 aliphatic rings. The number of para-hydroxylation sites is 1. The molecular formula is C26H39BrN2O3. The molecule has 1 aromatic carbocycles. The van der Waals surface area contributed by atoms with E-state index < -0.39 is 0 Å². The summed E-state index contributed by atoms with van der Waals surface area (Å²) < 4.78 is 6.27. The third kappa shape index (κ3) is 13.3. The number of amides is 1. The molecule has 1 amide bonds. The first-order valence-corrected chi connectivity index (χ1v) is 11.7. The van der Waals surface area contributed by atoms with Crippen molar-refractivity contribution in [2.45, 2.75) is 60.0 Å². The molecule has 32 heavy (non-hydrogen) atoms. The summed E-state index contributed by atoms with van der Waals surface area (Å²) in [5, 5.41) is 12.3. The van der Waals surface area contributed by atoms with Crippen molar-refractivity contribution in [3.05, 3.63) is 58.1 Å². The number of benzene rings is 1. The number of carbonyl (C=O) groups is 1. The molecule has 6 heteroatoms. The summed E-state index contributed by atoms with van der Waals surface area (Å²) in [6.45, 7) is 15.5. The van der Waals surface area contributed by atoms with Crippen LogP contribution in [0.2, 0.25) is 0 Å². The zero-order valence-corrected chi connectivity index (χ0v) is 22.0. The Hall–Kier alpha value is -2.18. The van der Waals surface area contributed by atoms with Gasteiger partial charge in [-0.1, -0.05) is 48.9 Å². The van der Waals surface area contributed by atoms with Crippen LogP contribution in [0.5, 0.6) is 5.75 Å². The van der Waals surface area contributed by atoms with Crippen LogP contribution in [-0.4, -0.2) is 43.5 Å². The van der Waals surface area contributed by atoms with E-state index in [0.29, 0.717) is 0 Å². The number of aliphatic imine (C=N–C) groups is 1. The highest BCUT2D eigenvalue weighted by atomic mass is 79.9. The van der Waals surface area contributed by atoms with E-state index in [2.05, 4.69) is 32.8 Å². The minimum atomic E-state index is -0.165. The van der Waals surface area contributed by atoms with Crippen LogP contribution in [0.15, 0.2) is 57.5 Å². The van der Waals surface area contributed by atoms with E-state index in [1.54, 1.807) is 25.4 Å². The van der Waals surface area contributed by atoms with Crippen LogP contribution >= 0.6 is 15.9 Å². The summed E-state index contributed by atoms with van der Waals surface area (Å²) in [5.41, 5.74) is 4.06. The largest absolute Gasteiger partial charge is 0.507 e. The van der Waals surface area contributed by atoms with Gasteiger partial charge in [0.25, 0.3) is 0 Å². The Balaban J connectivity index is 0.000000465. The predicted octanol–water partition coefficient (Wildman–Crippen LogP) is 6.44. The molecule has 2 rings (SSSR count). The Labute approximate surface area is 202 Å². The highest BCUT2D eigenvalue weighted by Gasteiger charge is 2.22. The van der Waals surface area contributed by atoms with Gasteiger partial charge in [0.05, 0.1) is 0 Å². The monoisotopic (exact) mass is 506 g/mol. The Morgan fingerprint density at radius 2 is 1.97 bits per heavy atom. The van der Waals surface area contributed by atoms with Gasteiger partial charge in [-0.3, -0.25) is 9.79 Å². The van der Waals surface area contributed by atoms with Gasteiger partial charge in [0.1, 0.15) is 11.9 Å². The zero-order valence-electron chi connectivity index (χ0n) is 20.4. The lowest BCUT2D eigenvalue weighted by Gasteiger charge is -2.08. The molecule has 0 aliphatic carbocycles. The summed E-state index contributed by atoms with van der Waals surface area (Å²) in [6.07, 6.45) is 6.46. The molecule has 0 aromatic heterocycles. The molecule has 0 bridgehead atoms. The number of hydrogen-bond donors (Lipinski definition) is 2. The van der Waals surface area contributed by atoms with Crippen molar-refractivity contribution in [3.63, 3.8) is 0 Å². The first kappa shape index (κ1) is 29.8. The lowest BCUT2D eigenvalue weighted by Crippen LogP contribution is -2.34. The average Bonchev–Trinajstić information content (AvgIpc) is 3.28. The topological polar surface area (TPSA) is 70.9 Å². The van der Waals surface area contributed by atoms with E-state index in [1.165, 1.54) is 11.1 Å². The van der Waals surface area contributed by atoms with Gasteiger partial charge in [0.15, 0.2) is 0 Å². The van der Waals surface area contributed by atoms with Crippen LogP contribution < -0.4 is 5.32 Å². The maximum atomic E-state index is 11.2. The lowest BCUT2D eigenvalue weighted by atomic mass is 10.0. The van der Waals surface area contributed by atoms with Crippen molar-refractivity contribution < 1.29 is 14.6 Å². The molecule has 178 valence electrons. The van der Waals surface area contributed by atoms with E-state index in [0.717, 1.165) is 48.0 Å². The van der Waals surface area contributed by atoms with Gasteiger partial charge in [-0.25, -0.2) is 0 Å². The maximum Gasteiger partial charge on any atom is 0.249 e. The number of carbonyl (C=O) groups excluding carboxylic acids is 1. The fourth-order valence-electron chi connectivity index (χ4n) is 2.56. The van der Waals surface area contributed by atoms with E-state index in [9.17, 15) is 9.90 Å². The van der Waals surface area contributed by atoms with Crippen molar-refractivity contribution in [2.75, 3.05) is 20.2 Å². The first-order valence-electron chi connectivity index (χ1n) is 10.9. The smallest absolute Gasteiger partial charge is 0.249 e. The molecule has 1 unspecified atom stereocenters. The third-order valence-corrected chi connectivity index (χ3v) is 5.20. The minimum Gasteiger partial charge on any atom is -0.507 e. The lowest BCUT2D eigenvalue weighted by molar-refractivity contribution is -0.130. The normalized spacial score (nSPS) is 14.4. The number of phenolic OH excluding ortho intramolecular Hbond substituents is 1. The second kappa shape index (κ2) is 17.4. The van der Waals surface area contributed by atoms with E-state index in [1.807, 2.05) is 52.8 Å². The van der Waals surface area contributed by atoms with Crippen LogP contribution in [0.1, 0.15) is 59.4 Å². The standard InChI is InChI=1S/C12H14O.C8H15NO2.C6H10BrN/c1-9(2)8-10(3)11-6-4-5-7-12(11)13;1-2-5-9-8(10)7-4-3-6-11-7;1-5(2)6(7)4-8-3/h4-8,13H,3H2,1-2H3;7H,2-6H2,1H3,(H,9,10);4H,1-3H3. The number of phenols is 1. The fourth-order valence-corrected chi connectivity index (χ4v) is 2.77. The number of hydrogen-bond acceptors (Lipinski definition) is 4. The summed E-state index contributed by atoms with van der Waals surface area (Å²) in [6, 6.07) is 7.21. The first-order chi connectivity index (χ1) is 15.1. The molecule has 1 aromatic rings. The van der Waals surface area contributed by atoms with E-state index in [4.69, 9.17) is 4.74 Å². The molecule has 1 aliphatic heterocycles. The molecule has 1 fully saturated rings. The summed E-state index contributed by atoms with van der Waals surface area (Å²) in [7, 11) is 1.75. The van der Waals surface area contributed by atoms with Crippen LogP contribution in [0.3, 0.4) is 0 Å². The summed E-state index contributed by atoms with van der Waals surface area (Å²) in [4.78, 5) is 15.0. The van der Waals surface area contributed by atoms with Crippen LogP contribution in [0.4, 0.5) is 0 Å². The van der Waals surface area contributed by atoms with Gasteiger partial charge < -0.3 is 15.2 Å². The fraction of sp³-hybridized carbons (Fsp3) is 0.462. The molecule has 5 nitrogen and oxygen atoms in total. The van der Waals surface area contributed by atoms with Crippen molar-refractivity contribution in [3.8, 4) is 5.75 Å². The number of nitrogens with one attached hydrogen (secondary N) is 1. The minimum absolute atomic E-state index is 0.0596. The van der Waals surface area contributed by atoms with Crippen LogP contribution in [-0.2, 0) is 9.53 Å². The molecule has 1 atom stereocenters. The highest BCUT2D eigenvalue weighted by molar-refractivity contribution is 9.12. The van der Waals surface area contributed by atoms with E-state index >= 15 is 0 Å². The van der Waals surface area contributed by atoms with Gasteiger partial charge in [-0.05, 0) is 74.5 Å². The number of halogens is 1. The number of aromatic hydroxyl groups is 1. The maximum absolute atomic E-state index is 11.2. The molecule has 1 saturated heterocycles. The summed E-state index contributed by atoms with van der Waals surface area (Å²) in [5.74, 6) is 0.342. The number of allylic oxidation sites excluding steroid dienone is 5. The number of ether oxygens (including phenoxy) is 1. The molecule has 0 radical (unpaired) electrons. The molecular weight excluding hydrogens is 468 g/mol. The predicted molar refractivity (Wildman–Crippen MR) is 141 cm³/mol. The molecule has 1 heterocycles. The zero-order chi connectivity index (χ0) is 24.5.